The summed E-state index contributed by atoms with van der Waals surface area (Å²) in [4.78, 5) is 12.6. The first-order valence-corrected chi connectivity index (χ1v) is 10.8. The van der Waals surface area contributed by atoms with Gasteiger partial charge in [-0.15, -0.1) is 0 Å². The van der Waals surface area contributed by atoms with Gasteiger partial charge in [0.2, 0.25) is 10.0 Å². The summed E-state index contributed by atoms with van der Waals surface area (Å²) < 4.78 is 28.1. The second kappa shape index (κ2) is 9.30. The van der Waals surface area contributed by atoms with Gasteiger partial charge in [0.25, 0.3) is 5.91 Å². The average Bonchev–Trinajstić information content (AvgIpc) is 2.63. The monoisotopic (exact) mass is 438 g/mol. The third kappa shape index (κ3) is 5.16. The van der Waals surface area contributed by atoms with E-state index < -0.39 is 10.0 Å². The number of nitrogens with one attached hydrogen (secondary N) is 1. The third-order valence-corrected chi connectivity index (χ3v) is 6.21. The fourth-order valence-corrected chi connectivity index (χ4v) is 4.47. The fourth-order valence-electron chi connectivity index (χ4n) is 2.53. The molecule has 1 amide bonds. The summed E-state index contributed by atoms with van der Waals surface area (Å²) in [6, 6.07) is 13.4. The van der Waals surface area contributed by atoms with E-state index in [9.17, 15) is 13.2 Å². The molecule has 0 radical (unpaired) electrons. The Labute approximate surface area is 163 Å². The summed E-state index contributed by atoms with van der Waals surface area (Å²) in [5, 5.41) is 2.78. The molecular weight excluding hydrogens is 416 g/mol. The topological polar surface area (TPSA) is 66.5 Å². The molecule has 2 rings (SSSR count). The Bertz CT molecular complexity index is 845. The van der Waals surface area contributed by atoms with Gasteiger partial charge in [-0.25, -0.2) is 8.42 Å². The zero-order valence-electron chi connectivity index (χ0n) is 14.9. The van der Waals surface area contributed by atoms with Gasteiger partial charge in [-0.3, -0.25) is 4.79 Å². The van der Waals surface area contributed by atoms with Crippen LogP contribution in [-0.2, 0) is 10.0 Å². The van der Waals surface area contributed by atoms with Crippen LogP contribution in [0, 0.1) is 0 Å². The Morgan fingerprint density at radius 1 is 1.04 bits per heavy atom. The zero-order valence-corrected chi connectivity index (χ0v) is 17.3. The molecule has 0 spiro atoms. The Kier molecular flexibility index (Phi) is 7.37. The number of rotatable bonds is 8. The number of anilines is 1. The van der Waals surface area contributed by atoms with Gasteiger partial charge in [0.05, 0.1) is 4.90 Å². The van der Waals surface area contributed by atoms with Crippen LogP contribution in [0.15, 0.2) is 57.9 Å². The number of nitrogens with zero attached hydrogens (tertiary/aromatic N) is 1. The maximum absolute atomic E-state index is 12.9. The quantitative estimate of drug-likeness (QED) is 0.658. The molecule has 1 N–H and O–H groups in total. The first-order chi connectivity index (χ1) is 12.4. The largest absolute Gasteiger partial charge is 0.322 e. The number of hydrogen-bond acceptors (Lipinski definition) is 3. The maximum atomic E-state index is 12.9. The van der Waals surface area contributed by atoms with Gasteiger partial charge < -0.3 is 5.32 Å². The molecule has 26 heavy (non-hydrogen) atoms. The van der Waals surface area contributed by atoms with Crippen LogP contribution in [0.2, 0.25) is 0 Å². The molecule has 0 aliphatic rings. The van der Waals surface area contributed by atoms with E-state index in [1.165, 1.54) is 16.4 Å². The van der Waals surface area contributed by atoms with Crippen molar-refractivity contribution in [1.29, 1.82) is 0 Å². The highest BCUT2D eigenvalue weighted by Crippen LogP contribution is 2.20. The summed E-state index contributed by atoms with van der Waals surface area (Å²) in [6.07, 6.45) is 1.48. The number of amides is 1. The van der Waals surface area contributed by atoms with Gasteiger partial charge in [0, 0.05) is 28.8 Å². The van der Waals surface area contributed by atoms with Gasteiger partial charge in [-0.05, 0) is 55.3 Å². The smallest absolute Gasteiger partial charge is 0.255 e. The van der Waals surface area contributed by atoms with E-state index >= 15 is 0 Å². The highest BCUT2D eigenvalue weighted by molar-refractivity contribution is 9.10. The second-order valence-corrected chi connectivity index (χ2v) is 8.75. The third-order valence-electron chi connectivity index (χ3n) is 3.78. The normalized spacial score (nSPS) is 11.5. The lowest BCUT2D eigenvalue weighted by Crippen LogP contribution is -2.32. The van der Waals surface area contributed by atoms with Crippen molar-refractivity contribution in [3.8, 4) is 0 Å². The van der Waals surface area contributed by atoms with Crippen LogP contribution in [0.5, 0.6) is 0 Å². The molecule has 0 saturated carbocycles. The van der Waals surface area contributed by atoms with Gasteiger partial charge in [-0.1, -0.05) is 35.8 Å². The molecular formula is C19H23BrN2O3S. The van der Waals surface area contributed by atoms with Crippen molar-refractivity contribution in [2.75, 3.05) is 18.4 Å². The van der Waals surface area contributed by atoms with Crippen molar-refractivity contribution in [3.05, 3.63) is 58.6 Å². The van der Waals surface area contributed by atoms with Crippen LogP contribution in [-0.4, -0.2) is 31.7 Å². The maximum Gasteiger partial charge on any atom is 0.255 e. The molecule has 0 aliphatic carbocycles. The van der Waals surface area contributed by atoms with Crippen LogP contribution in [0.3, 0.4) is 0 Å². The lowest BCUT2D eigenvalue weighted by molar-refractivity contribution is 0.102. The highest BCUT2D eigenvalue weighted by atomic mass is 79.9. The van der Waals surface area contributed by atoms with Crippen LogP contribution in [0.1, 0.15) is 37.0 Å². The van der Waals surface area contributed by atoms with E-state index in [1.54, 1.807) is 24.3 Å². The number of carbonyl (C=O) groups excluding carboxylic acids is 1. The van der Waals surface area contributed by atoms with Crippen molar-refractivity contribution in [2.45, 2.75) is 31.6 Å². The lowest BCUT2D eigenvalue weighted by atomic mass is 10.2. The standard InChI is InChI=1S/C19H23BrN2O3S/c1-3-12-22(13-4-2)26(24,25)18-7-5-6-15(14-18)19(23)21-17-10-8-16(20)9-11-17/h5-11,14H,3-4,12-13H2,1-2H3,(H,21,23). The first kappa shape index (κ1) is 20.6. The molecule has 0 fully saturated rings. The Morgan fingerprint density at radius 2 is 1.65 bits per heavy atom. The van der Waals surface area contributed by atoms with E-state index in [4.69, 9.17) is 0 Å². The predicted octanol–water partition coefficient (Wildman–Crippen LogP) is 4.51. The summed E-state index contributed by atoms with van der Waals surface area (Å²) in [6.45, 7) is 4.82. The lowest BCUT2D eigenvalue weighted by Gasteiger charge is -2.21. The molecule has 2 aromatic rings. The van der Waals surface area contributed by atoms with Crippen LogP contribution in [0.25, 0.3) is 0 Å². The van der Waals surface area contributed by atoms with Crippen molar-refractivity contribution in [3.63, 3.8) is 0 Å². The summed E-state index contributed by atoms with van der Waals surface area (Å²) in [5.41, 5.74) is 0.951. The molecule has 0 bridgehead atoms. The molecule has 0 aromatic heterocycles. The minimum atomic E-state index is -3.61. The van der Waals surface area contributed by atoms with E-state index in [0.29, 0.717) is 24.3 Å². The molecule has 0 aliphatic heterocycles. The van der Waals surface area contributed by atoms with E-state index in [2.05, 4.69) is 21.2 Å². The number of sulfonamides is 1. The van der Waals surface area contributed by atoms with Gasteiger partial charge in [0.15, 0.2) is 0 Å². The number of benzene rings is 2. The Balaban J connectivity index is 2.25. The molecule has 5 nitrogen and oxygen atoms in total. The molecule has 140 valence electrons. The van der Waals surface area contributed by atoms with E-state index in [0.717, 1.165) is 17.3 Å². The van der Waals surface area contributed by atoms with Crippen molar-refractivity contribution >= 4 is 37.5 Å². The minimum absolute atomic E-state index is 0.142. The van der Waals surface area contributed by atoms with Gasteiger partial charge in [-0.2, -0.15) is 4.31 Å². The van der Waals surface area contributed by atoms with Gasteiger partial charge in [0.1, 0.15) is 0 Å². The van der Waals surface area contributed by atoms with Crippen LogP contribution < -0.4 is 5.32 Å². The SMILES string of the molecule is CCCN(CCC)S(=O)(=O)c1cccc(C(=O)Nc2ccc(Br)cc2)c1. The van der Waals surface area contributed by atoms with E-state index in [-0.39, 0.29) is 10.8 Å². The molecule has 2 aromatic carbocycles. The first-order valence-electron chi connectivity index (χ1n) is 8.55. The van der Waals surface area contributed by atoms with Gasteiger partial charge >= 0.3 is 0 Å². The molecule has 7 heteroatoms. The molecule has 0 heterocycles. The number of halogens is 1. The number of carbonyl (C=O) groups is 1. The molecule has 0 saturated heterocycles. The summed E-state index contributed by atoms with van der Waals surface area (Å²) in [7, 11) is -3.61. The minimum Gasteiger partial charge on any atom is -0.322 e. The summed E-state index contributed by atoms with van der Waals surface area (Å²) in [5.74, 6) is -0.345. The molecule has 0 unspecified atom stereocenters. The Morgan fingerprint density at radius 3 is 2.23 bits per heavy atom. The highest BCUT2D eigenvalue weighted by Gasteiger charge is 2.23. The number of hydrogen-bond donors (Lipinski definition) is 1. The fraction of sp³-hybridized carbons (Fsp3) is 0.316. The van der Waals surface area contributed by atoms with Crippen LogP contribution >= 0.6 is 15.9 Å². The second-order valence-electron chi connectivity index (χ2n) is 5.89. The van der Waals surface area contributed by atoms with Crippen molar-refractivity contribution in [2.24, 2.45) is 0 Å². The summed E-state index contributed by atoms with van der Waals surface area (Å²) >= 11 is 3.34. The van der Waals surface area contributed by atoms with E-state index in [1.807, 2.05) is 26.0 Å². The van der Waals surface area contributed by atoms with Crippen molar-refractivity contribution in [1.82, 2.24) is 4.31 Å². The van der Waals surface area contributed by atoms with Crippen molar-refractivity contribution < 1.29 is 13.2 Å². The average molecular weight is 439 g/mol. The van der Waals surface area contributed by atoms with Crippen LogP contribution in [0.4, 0.5) is 5.69 Å². The predicted molar refractivity (Wildman–Crippen MR) is 108 cm³/mol. The Hall–Kier alpha value is -1.70. The molecule has 0 atom stereocenters. The zero-order chi connectivity index (χ0) is 19.2.